The summed E-state index contributed by atoms with van der Waals surface area (Å²) in [7, 11) is 2.24. The fraction of sp³-hybridized carbons (Fsp3) is 0.917. The summed E-state index contributed by atoms with van der Waals surface area (Å²) >= 11 is 6.97. The predicted molar refractivity (Wildman–Crippen MR) is 78.2 cm³/mol. The van der Waals surface area contributed by atoms with E-state index in [2.05, 4.69) is 25.1 Å². The first kappa shape index (κ1) is 14.3. The van der Waals surface area contributed by atoms with Gasteiger partial charge in [-0.05, 0) is 38.0 Å². The summed E-state index contributed by atoms with van der Waals surface area (Å²) in [5, 5.41) is 0. The van der Waals surface area contributed by atoms with Gasteiger partial charge in [-0.3, -0.25) is 0 Å². The summed E-state index contributed by atoms with van der Waals surface area (Å²) in [6.45, 7) is 3.42. The van der Waals surface area contributed by atoms with Crippen molar-refractivity contribution in [2.24, 2.45) is 11.1 Å². The van der Waals surface area contributed by atoms with Crippen molar-refractivity contribution in [3.63, 3.8) is 0 Å². The third-order valence-electron chi connectivity index (χ3n) is 3.54. The van der Waals surface area contributed by atoms with E-state index in [1.807, 2.05) is 11.8 Å². The monoisotopic (exact) mass is 260 g/mol. The number of rotatable bonds is 8. The SMILES string of the molecule is CCC(CSC)N(C)CC1(CC(N)=S)CC1. The minimum Gasteiger partial charge on any atom is -0.393 e. The number of thiocarbonyl (C=S) groups is 1. The van der Waals surface area contributed by atoms with Crippen molar-refractivity contribution < 1.29 is 0 Å². The zero-order chi connectivity index (χ0) is 12.2. The molecule has 0 aliphatic heterocycles. The lowest BCUT2D eigenvalue weighted by Crippen LogP contribution is -2.38. The van der Waals surface area contributed by atoms with Gasteiger partial charge in [-0.2, -0.15) is 11.8 Å². The Labute approximate surface area is 109 Å². The van der Waals surface area contributed by atoms with Crippen LogP contribution in [0.4, 0.5) is 0 Å². The molecule has 0 saturated heterocycles. The third-order valence-corrected chi connectivity index (χ3v) is 4.41. The first-order valence-electron chi connectivity index (χ1n) is 6.00. The lowest BCUT2D eigenvalue weighted by molar-refractivity contribution is 0.209. The highest BCUT2D eigenvalue weighted by atomic mass is 32.2. The number of nitrogens with two attached hydrogens (primary N) is 1. The molecule has 0 amide bonds. The molecule has 1 unspecified atom stereocenters. The van der Waals surface area contributed by atoms with Gasteiger partial charge in [0.25, 0.3) is 0 Å². The molecule has 0 aromatic carbocycles. The molecule has 2 N–H and O–H groups in total. The van der Waals surface area contributed by atoms with Crippen LogP contribution in [0.15, 0.2) is 0 Å². The van der Waals surface area contributed by atoms with E-state index in [4.69, 9.17) is 18.0 Å². The second-order valence-corrected chi connectivity index (χ2v) is 6.51. The average Bonchev–Trinajstić information content (AvgIpc) is 2.92. The van der Waals surface area contributed by atoms with Crippen LogP contribution in [0.25, 0.3) is 0 Å². The van der Waals surface area contributed by atoms with E-state index in [0.717, 1.165) is 13.0 Å². The topological polar surface area (TPSA) is 29.3 Å². The number of hydrogen-bond acceptors (Lipinski definition) is 3. The van der Waals surface area contributed by atoms with E-state index in [0.29, 0.717) is 16.4 Å². The van der Waals surface area contributed by atoms with Gasteiger partial charge >= 0.3 is 0 Å². The Morgan fingerprint density at radius 2 is 2.19 bits per heavy atom. The van der Waals surface area contributed by atoms with Gasteiger partial charge in [0.15, 0.2) is 0 Å². The van der Waals surface area contributed by atoms with E-state index >= 15 is 0 Å². The lowest BCUT2D eigenvalue weighted by Gasteiger charge is -2.30. The van der Waals surface area contributed by atoms with Crippen LogP contribution in [-0.2, 0) is 0 Å². The van der Waals surface area contributed by atoms with Gasteiger partial charge in [0.2, 0.25) is 0 Å². The molecule has 1 atom stereocenters. The maximum absolute atomic E-state index is 5.67. The van der Waals surface area contributed by atoms with Crippen molar-refractivity contribution in [2.45, 2.75) is 38.6 Å². The van der Waals surface area contributed by atoms with Crippen LogP contribution in [0.5, 0.6) is 0 Å². The van der Waals surface area contributed by atoms with E-state index in [9.17, 15) is 0 Å². The van der Waals surface area contributed by atoms with E-state index < -0.39 is 0 Å². The highest BCUT2D eigenvalue weighted by Gasteiger charge is 2.44. The van der Waals surface area contributed by atoms with Crippen molar-refractivity contribution in [3.8, 4) is 0 Å². The van der Waals surface area contributed by atoms with E-state index in [1.54, 1.807) is 0 Å². The van der Waals surface area contributed by atoms with Crippen LogP contribution in [0.2, 0.25) is 0 Å². The molecule has 1 rings (SSSR count). The van der Waals surface area contributed by atoms with Crippen molar-refractivity contribution in [1.29, 1.82) is 0 Å². The lowest BCUT2D eigenvalue weighted by atomic mass is 10.0. The quantitative estimate of drug-likeness (QED) is 0.679. The van der Waals surface area contributed by atoms with Crippen LogP contribution >= 0.6 is 24.0 Å². The Bertz CT molecular complexity index is 239. The Balaban J connectivity index is 2.43. The molecule has 0 aromatic rings. The van der Waals surface area contributed by atoms with Crippen LogP contribution in [0, 0.1) is 5.41 Å². The first-order valence-corrected chi connectivity index (χ1v) is 7.80. The molecule has 0 bridgehead atoms. The van der Waals surface area contributed by atoms with Crippen LogP contribution in [-0.4, -0.2) is 41.5 Å². The van der Waals surface area contributed by atoms with Gasteiger partial charge in [-0.15, -0.1) is 0 Å². The minimum atomic E-state index is 0.423. The molecule has 94 valence electrons. The van der Waals surface area contributed by atoms with Crippen LogP contribution in [0.1, 0.15) is 32.6 Å². The van der Waals surface area contributed by atoms with Gasteiger partial charge in [0.1, 0.15) is 0 Å². The molecule has 0 radical (unpaired) electrons. The summed E-state index contributed by atoms with van der Waals surface area (Å²) in [5.74, 6) is 1.22. The van der Waals surface area contributed by atoms with Crippen LogP contribution in [0.3, 0.4) is 0 Å². The highest BCUT2D eigenvalue weighted by molar-refractivity contribution is 7.98. The molecule has 0 spiro atoms. The molecular formula is C12H24N2S2. The minimum absolute atomic E-state index is 0.423. The number of thioether (sulfide) groups is 1. The zero-order valence-electron chi connectivity index (χ0n) is 10.7. The predicted octanol–water partition coefficient (Wildman–Crippen LogP) is 2.52. The van der Waals surface area contributed by atoms with Crippen molar-refractivity contribution >= 4 is 29.0 Å². The summed E-state index contributed by atoms with van der Waals surface area (Å²) < 4.78 is 0. The summed E-state index contributed by atoms with van der Waals surface area (Å²) in [6, 6.07) is 0.693. The van der Waals surface area contributed by atoms with E-state index in [1.165, 1.54) is 25.0 Å². The maximum Gasteiger partial charge on any atom is 0.0733 e. The molecular weight excluding hydrogens is 236 g/mol. The first-order chi connectivity index (χ1) is 7.53. The van der Waals surface area contributed by atoms with Gasteiger partial charge in [-0.25, -0.2) is 0 Å². The Morgan fingerprint density at radius 3 is 2.56 bits per heavy atom. The zero-order valence-corrected chi connectivity index (χ0v) is 12.3. The van der Waals surface area contributed by atoms with Gasteiger partial charge in [-0.1, -0.05) is 19.1 Å². The Hall–Kier alpha value is 0.200. The van der Waals surface area contributed by atoms with Gasteiger partial charge in [0.05, 0.1) is 4.99 Å². The fourth-order valence-corrected chi connectivity index (χ4v) is 3.53. The maximum atomic E-state index is 5.67. The molecule has 1 saturated carbocycles. The van der Waals surface area contributed by atoms with Gasteiger partial charge < -0.3 is 10.6 Å². The Kier molecular flexibility index (Phi) is 5.54. The third kappa shape index (κ3) is 4.22. The van der Waals surface area contributed by atoms with E-state index in [-0.39, 0.29) is 0 Å². The average molecular weight is 260 g/mol. The fourth-order valence-electron chi connectivity index (χ4n) is 2.34. The second kappa shape index (κ2) is 6.22. The van der Waals surface area contributed by atoms with Crippen molar-refractivity contribution in [2.75, 3.05) is 25.6 Å². The normalized spacial score (nSPS) is 19.8. The largest absolute Gasteiger partial charge is 0.393 e. The smallest absolute Gasteiger partial charge is 0.0733 e. The molecule has 0 heterocycles. The molecule has 4 heteroatoms. The number of hydrogen-bond donors (Lipinski definition) is 1. The molecule has 2 nitrogen and oxygen atoms in total. The molecule has 0 aromatic heterocycles. The van der Waals surface area contributed by atoms with Crippen LogP contribution < -0.4 is 5.73 Å². The van der Waals surface area contributed by atoms with Crippen molar-refractivity contribution in [3.05, 3.63) is 0 Å². The molecule has 1 fully saturated rings. The molecule has 1 aliphatic rings. The molecule has 1 aliphatic carbocycles. The highest BCUT2D eigenvalue weighted by Crippen LogP contribution is 2.49. The Morgan fingerprint density at radius 1 is 1.56 bits per heavy atom. The van der Waals surface area contributed by atoms with Gasteiger partial charge in [0, 0.05) is 24.8 Å². The second-order valence-electron chi connectivity index (χ2n) is 5.08. The summed E-state index contributed by atoms with van der Waals surface area (Å²) in [4.78, 5) is 3.19. The molecule has 16 heavy (non-hydrogen) atoms. The van der Waals surface area contributed by atoms with Crippen molar-refractivity contribution in [1.82, 2.24) is 4.90 Å². The standard InChI is InChI=1S/C12H24N2S2/c1-4-10(8-16-3)14(2)9-12(5-6-12)7-11(13)15/h10H,4-9H2,1-3H3,(H2,13,15). The summed E-state index contributed by atoms with van der Waals surface area (Å²) in [6.07, 6.45) is 6.93. The number of nitrogens with zero attached hydrogens (tertiary/aromatic N) is 1. The summed E-state index contributed by atoms with van der Waals surface area (Å²) in [5.41, 5.74) is 6.09.